The maximum Gasteiger partial charge on any atom is 0.149 e. The van der Waals surface area contributed by atoms with Crippen LogP contribution in [0.2, 0.25) is 0 Å². The van der Waals surface area contributed by atoms with Crippen LogP contribution in [0.1, 0.15) is 24.8 Å². The minimum Gasteiger partial charge on any atom is -0.298 e. The molecule has 1 aromatic rings. The molecule has 0 N–H and O–H groups in total. The number of rotatable bonds is 2. The molecule has 0 spiro atoms. The zero-order chi connectivity index (χ0) is 11.8. The van der Waals surface area contributed by atoms with Gasteiger partial charge in [0.15, 0.2) is 0 Å². The van der Waals surface area contributed by atoms with E-state index < -0.39 is 0 Å². The minimum absolute atomic E-state index is 0.0463. The van der Waals surface area contributed by atoms with E-state index in [9.17, 15) is 4.79 Å². The number of carbonyl (C=O) groups excluding carboxylic acids is 1. The van der Waals surface area contributed by atoms with E-state index in [-0.39, 0.29) is 4.83 Å². The van der Waals surface area contributed by atoms with E-state index in [0.717, 1.165) is 19.4 Å². The molecular formula is C14H16BrNO. The molecule has 3 rings (SSSR count). The zero-order valence-electron chi connectivity index (χ0n) is 9.68. The van der Waals surface area contributed by atoms with Crippen LogP contribution in [0.25, 0.3) is 0 Å². The maximum absolute atomic E-state index is 11.8. The van der Waals surface area contributed by atoms with E-state index in [2.05, 4.69) is 45.1 Å². The Hall–Kier alpha value is -0.670. The van der Waals surface area contributed by atoms with Crippen LogP contribution < -0.4 is 0 Å². The van der Waals surface area contributed by atoms with E-state index in [1.165, 1.54) is 12.0 Å². The lowest BCUT2D eigenvalue weighted by molar-refractivity contribution is -0.122. The van der Waals surface area contributed by atoms with Crippen molar-refractivity contribution in [2.45, 2.75) is 42.7 Å². The summed E-state index contributed by atoms with van der Waals surface area (Å²) in [7, 11) is 0. The summed E-state index contributed by atoms with van der Waals surface area (Å²) in [4.78, 5) is 14.3. The first kappa shape index (κ1) is 11.4. The molecule has 0 aromatic heterocycles. The molecule has 2 heterocycles. The second kappa shape index (κ2) is 4.54. The highest BCUT2D eigenvalue weighted by atomic mass is 79.9. The number of carbonyl (C=O) groups is 1. The van der Waals surface area contributed by atoms with Gasteiger partial charge in [-0.15, -0.1) is 0 Å². The van der Waals surface area contributed by atoms with Gasteiger partial charge in [0.2, 0.25) is 0 Å². The molecule has 2 bridgehead atoms. The first-order valence-electron chi connectivity index (χ1n) is 6.22. The Morgan fingerprint density at radius 3 is 2.76 bits per heavy atom. The Labute approximate surface area is 110 Å². The lowest BCUT2D eigenvalue weighted by atomic mass is 10.0. The van der Waals surface area contributed by atoms with Crippen molar-refractivity contribution in [2.75, 3.05) is 0 Å². The average Bonchev–Trinajstić information content (AvgIpc) is 2.65. The molecule has 3 atom stereocenters. The fourth-order valence-electron chi connectivity index (χ4n) is 3.10. The SMILES string of the molecule is O=C1CC2CCC(C1Br)N2Cc1ccccc1. The number of alkyl halides is 1. The van der Waals surface area contributed by atoms with Gasteiger partial charge < -0.3 is 0 Å². The number of halogens is 1. The third-order valence-corrected chi connectivity index (χ3v) is 5.10. The van der Waals surface area contributed by atoms with Gasteiger partial charge in [-0.05, 0) is 18.4 Å². The number of hydrogen-bond donors (Lipinski definition) is 0. The van der Waals surface area contributed by atoms with Crippen LogP contribution in [0.3, 0.4) is 0 Å². The summed E-state index contributed by atoms with van der Waals surface area (Å²) in [5, 5.41) is 0. The summed E-state index contributed by atoms with van der Waals surface area (Å²) in [5.41, 5.74) is 1.35. The van der Waals surface area contributed by atoms with Crippen LogP contribution in [0.15, 0.2) is 30.3 Å². The van der Waals surface area contributed by atoms with Crippen molar-refractivity contribution in [3.63, 3.8) is 0 Å². The first-order valence-corrected chi connectivity index (χ1v) is 7.14. The Morgan fingerprint density at radius 1 is 1.24 bits per heavy atom. The Bertz CT molecular complexity index is 419. The highest BCUT2D eigenvalue weighted by Gasteiger charge is 2.45. The molecule has 2 fully saturated rings. The number of ketones is 1. The maximum atomic E-state index is 11.8. The summed E-state index contributed by atoms with van der Waals surface area (Å²) in [6, 6.07) is 11.4. The van der Waals surface area contributed by atoms with Crippen molar-refractivity contribution in [3.05, 3.63) is 35.9 Å². The predicted octanol–water partition coefficient (Wildman–Crippen LogP) is 2.76. The standard InChI is InChI=1S/C14H16BrNO/c15-14-12-7-6-11(8-13(14)17)16(12)9-10-4-2-1-3-5-10/h1-5,11-12,14H,6-9H2. The van der Waals surface area contributed by atoms with E-state index in [0.29, 0.717) is 17.9 Å². The highest BCUT2D eigenvalue weighted by Crippen LogP contribution is 2.38. The van der Waals surface area contributed by atoms with Gasteiger partial charge in [0.05, 0.1) is 4.83 Å². The second-order valence-corrected chi connectivity index (χ2v) is 6.02. The third kappa shape index (κ3) is 2.06. The average molecular weight is 294 g/mol. The Balaban J connectivity index is 1.79. The molecule has 1 aromatic carbocycles. The Morgan fingerprint density at radius 2 is 2.00 bits per heavy atom. The topological polar surface area (TPSA) is 20.3 Å². The monoisotopic (exact) mass is 293 g/mol. The van der Waals surface area contributed by atoms with Gasteiger partial charge in [-0.3, -0.25) is 9.69 Å². The number of hydrogen-bond acceptors (Lipinski definition) is 2. The molecule has 90 valence electrons. The van der Waals surface area contributed by atoms with Crippen LogP contribution in [0.5, 0.6) is 0 Å². The summed E-state index contributed by atoms with van der Waals surface area (Å²) in [6.45, 7) is 0.978. The van der Waals surface area contributed by atoms with Gasteiger partial charge in [0.1, 0.15) is 5.78 Å². The Kier molecular flexibility index (Phi) is 3.05. The zero-order valence-corrected chi connectivity index (χ0v) is 11.3. The van der Waals surface area contributed by atoms with Gasteiger partial charge in [0, 0.05) is 25.0 Å². The van der Waals surface area contributed by atoms with Crippen molar-refractivity contribution in [1.29, 1.82) is 0 Å². The third-order valence-electron chi connectivity index (χ3n) is 3.98. The van der Waals surface area contributed by atoms with E-state index >= 15 is 0 Å². The number of fused-ring (bicyclic) bond motifs is 2. The van der Waals surface area contributed by atoms with Crippen LogP contribution in [-0.4, -0.2) is 27.6 Å². The van der Waals surface area contributed by atoms with E-state index in [4.69, 9.17) is 0 Å². The van der Waals surface area contributed by atoms with Gasteiger partial charge in [0.25, 0.3) is 0 Å². The number of benzene rings is 1. The summed E-state index contributed by atoms with van der Waals surface area (Å²) >= 11 is 3.57. The summed E-state index contributed by atoms with van der Waals surface area (Å²) in [5.74, 6) is 0.391. The number of Topliss-reactive ketones (excluding diaryl/α,β-unsaturated/α-hetero) is 1. The normalized spacial score (nSPS) is 33.0. The molecule has 2 aliphatic heterocycles. The fourth-order valence-corrected chi connectivity index (χ4v) is 3.85. The molecule has 3 unspecified atom stereocenters. The van der Waals surface area contributed by atoms with Gasteiger partial charge in [-0.2, -0.15) is 0 Å². The predicted molar refractivity (Wildman–Crippen MR) is 71.1 cm³/mol. The van der Waals surface area contributed by atoms with Crippen molar-refractivity contribution in [1.82, 2.24) is 4.90 Å². The van der Waals surface area contributed by atoms with Gasteiger partial charge in [-0.25, -0.2) is 0 Å². The van der Waals surface area contributed by atoms with E-state index in [1.807, 2.05) is 6.07 Å². The van der Waals surface area contributed by atoms with Crippen LogP contribution in [0, 0.1) is 0 Å². The summed E-state index contributed by atoms with van der Waals surface area (Å²) in [6.07, 6.45) is 3.05. The quantitative estimate of drug-likeness (QED) is 0.782. The molecule has 2 aliphatic rings. The molecular weight excluding hydrogens is 278 g/mol. The minimum atomic E-state index is 0.0463. The van der Waals surface area contributed by atoms with Crippen molar-refractivity contribution >= 4 is 21.7 Å². The van der Waals surface area contributed by atoms with Crippen LogP contribution in [0.4, 0.5) is 0 Å². The lowest BCUT2D eigenvalue weighted by Crippen LogP contribution is -2.49. The molecule has 0 amide bonds. The second-order valence-electron chi connectivity index (χ2n) is 5.03. The van der Waals surface area contributed by atoms with Crippen molar-refractivity contribution in [2.24, 2.45) is 0 Å². The van der Waals surface area contributed by atoms with Crippen LogP contribution >= 0.6 is 15.9 Å². The number of piperidine rings is 1. The van der Waals surface area contributed by atoms with Gasteiger partial charge in [-0.1, -0.05) is 46.3 Å². The molecule has 2 saturated heterocycles. The molecule has 0 aliphatic carbocycles. The van der Waals surface area contributed by atoms with Crippen molar-refractivity contribution < 1.29 is 4.79 Å². The molecule has 0 saturated carbocycles. The number of nitrogens with zero attached hydrogens (tertiary/aromatic N) is 1. The molecule has 0 radical (unpaired) electrons. The van der Waals surface area contributed by atoms with E-state index in [1.54, 1.807) is 0 Å². The summed E-state index contributed by atoms with van der Waals surface area (Å²) < 4.78 is 0. The highest BCUT2D eigenvalue weighted by molar-refractivity contribution is 9.10. The van der Waals surface area contributed by atoms with Crippen LogP contribution in [-0.2, 0) is 11.3 Å². The lowest BCUT2D eigenvalue weighted by Gasteiger charge is -2.36. The van der Waals surface area contributed by atoms with Gasteiger partial charge >= 0.3 is 0 Å². The molecule has 2 nitrogen and oxygen atoms in total. The smallest absolute Gasteiger partial charge is 0.149 e. The molecule has 3 heteroatoms. The molecule has 17 heavy (non-hydrogen) atoms. The first-order chi connectivity index (χ1) is 8.25. The largest absolute Gasteiger partial charge is 0.298 e. The fraction of sp³-hybridized carbons (Fsp3) is 0.500. The van der Waals surface area contributed by atoms with Crippen molar-refractivity contribution in [3.8, 4) is 0 Å².